The summed E-state index contributed by atoms with van der Waals surface area (Å²) in [6.07, 6.45) is 3.02. The Morgan fingerprint density at radius 3 is 2.69 bits per heavy atom. The van der Waals surface area contributed by atoms with Crippen molar-refractivity contribution in [2.45, 2.75) is 46.1 Å². The SMILES string of the molecule is CCNC(=NCCCNC(=O)OC(C)(C)C)NCCc1nnc2ccccn12.I. The van der Waals surface area contributed by atoms with E-state index >= 15 is 0 Å². The summed E-state index contributed by atoms with van der Waals surface area (Å²) in [6.45, 7) is 10.1. The molecule has 162 valence electrons. The molecule has 0 aliphatic heterocycles. The number of aliphatic imine (C=N–C) groups is 1. The summed E-state index contributed by atoms with van der Waals surface area (Å²) in [4.78, 5) is 16.1. The Balaban J connectivity index is 0.00000420. The van der Waals surface area contributed by atoms with E-state index in [4.69, 9.17) is 4.74 Å². The highest BCUT2D eigenvalue weighted by molar-refractivity contribution is 14.0. The lowest BCUT2D eigenvalue weighted by Crippen LogP contribution is -2.38. The largest absolute Gasteiger partial charge is 0.444 e. The number of rotatable bonds is 8. The topological polar surface area (TPSA) is 105 Å². The van der Waals surface area contributed by atoms with Crippen molar-refractivity contribution in [2.24, 2.45) is 4.99 Å². The van der Waals surface area contributed by atoms with Crippen LogP contribution in [0.25, 0.3) is 5.65 Å². The highest BCUT2D eigenvalue weighted by Gasteiger charge is 2.15. The number of nitrogens with zero attached hydrogens (tertiary/aromatic N) is 4. The van der Waals surface area contributed by atoms with Gasteiger partial charge in [-0.05, 0) is 46.2 Å². The maximum absolute atomic E-state index is 11.6. The highest BCUT2D eigenvalue weighted by atomic mass is 127. The van der Waals surface area contributed by atoms with E-state index in [2.05, 4.69) is 31.1 Å². The summed E-state index contributed by atoms with van der Waals surface area (Å²) >= 11 is 0. The van der Waals surface area contributed by atoms with Crippen LogP contribution < -0.4 is 16.0 Å². The van der Waals surface area contributed by atoms with Crippen LogP contribution in [0, 0.1) is 0 Å². The van der Waals surface area contributed by atoms with E-state index in [1.165, 1.54) is 0 Å². The maximum atomic E-state index is 11.6. The fraction of sp³-hybridized carbons (Fsp3) is 0.579. The summed E-state index contributed by atoms with van der Waals surface area (Å²) < 4.78 is 7.18. The van der Waals surface area contributed by atoms with E-state index < -0.39 is 11.7 Å². The molecule has 10 heteroatoms. The second-order valence-corrected chi connectivity index (χ2v) is 7.26. The maximum Gasteiger partial charge on any atom is 0.407 e. The fourth-order valence-corrected chi connectivity index (χ4v) is 2.47. The number of carbonyl (C=O) groups excluding carboxylic acids is 1. The van der Waals surface area contributed by atoms with Crippen LogP contribution in [0.3, 0.4) is 0 Å². The molecule has 9 nitrogen and oxygen atoms in total. The van der Waals surface area contributed by atoms with Crippen molar-refractivity contribution in [3.8, 4) is 0 Å². The number of carbonyl (C=O) groups is 1. The van der Waals surface area contributed by atoms with Crippen molar-refractivity contribution >= 4 is 41.7 Å². The molecule has 0 unspecified atom stereocenters. The van der Waals surface area contributed by atoms with Gasteiger partial charge in [-0.25, -0.2) is 4.79 Å². The molecule has 0 saturated carbocycles. The number of amides is 1. The van der Waals surface area contributed by atoms with E-state index in [0.29, 0.717) is 19.6 Å². The first-order chi connectivity index (χ1) is 13.4. The molecule has 29 heavy (non-hydrogen) atoms. The Hall–Kier alpha value is -2.11. The van der Waals surface area contributed by atoms with Gasteiger partial charge in [-0.3, -0.25) is 9.39 Å². The van der Waals surface area contributed by atoms with Gasteiger partial charge in [0.05, 0.1) is 0 Å². The summed E-state index contributed by atoms with van der Waals surface area (Å²) in [7, 11) is 0. The average Bonchev–Trinajstić information content (AvgIpc) is 3.03. The molecule has 0 saturated heterocycles. The van der Waals surface area contributed by atoms with Gasteiger partial charge in [0.15, 0.2) is 11.6 Å². The molecule has 2 rings (SSSR count). The zero-order chi connectivity index (χ0) is 20.4. The summed E-state index contributed by atoms with van der Waals surface area (Å²) in [6, 6.07) is 5.84. The average molecular weight is 517 g/mol. The van der Waals surface area contributed by atoms with Gasteiger partial charge in [-0.2, -0.15) is 0 Å². The summed E-state index contributed by atoms with van der Waals surface area (Å²) in [5, 5.41) is 17.6. The third-order valence-corrected chi connectivity index (χ3v) is 3.64. The molecule has 2 heterocycles. The fourth-order valence-electron chi connectivity index (χ4n) is 2.47. The van der Waals surface area contributed by atoms with Crippen LogP contribution in [0.15, 0.2) is 29.4 Å². The van der Waals surface area contributed by atoms with Crippen LogP contribution in [0.2, 0.25) is 0 Å². The predicted molar refractivity (Wildman–Crippen MR) is 125 cm³/mol. The third kappa shape index (κ3) is 9.29. The lowest BCUT2D eigenvalue weighted by molar-refractivity contribution is 0.0527. The minimum atomic E-state index is -0.486. The second kappa shape index (κ2) is 12.5. The molecule has 0 spiro atoms. The first kappa shape index (κ1) is 24.9. The molecule has 2 aromatic heterocycles. The van der Waals surface area contributed by atoms with Crippen molar-refractivity contribution < 1.29 is 9.53 Å². The van der Waals surface area contributed by atoms with Gasteiger partial charge in [0.2, 0.25) is 0 Å². The van der Waals surface area contributed by atoms with Crippen molar-refractivity contribution in [3.63, 3.8) is 0 Å². The molecular formula is C19H32IN7O2. The van der Waals surface area contributed by atoms with Crippen molar-refractivity contribution in [2.75, 3.05) is 26.2 Å². The number of pyridine rings is 1. The Labute approximate surface area is 189 Å². The van der Waals surface area contributed by atoms with Gasteiger partial charge in [-0.1, -0.05) is 6.07 Å². The number of hydrogen-bond acceptors (Lipinski definition) is 5. The van der Waals surface area contributed by atoms with Crippen LogP contribution in [0.5, 0.6) is 0 Å². The van der Waals surface area contributed by atoms with Crippen molar-refractivity contribution in [3.05, 3.63) is 30.2 Å². The lowest BCUT2D eigenvalue weighted by Gasteiger charge is -2.19. The Bertz CT molecular complexity index is 786. The molecule has 3 N–H and O–H groups in total. The zero-order valence-corrected chi connectivity index (χ0v) is 19.9. The Kier molecular flexibility index (Phi) is 10.7. The normalized spacial score (nSPS) is 11.7. The molecule has 2 aromatic rings. The molecule has 0 fully saturated rings. The van der Waals surface area contributed by atoms with Gasteiger partial charge < -0.3 is 20.7 Å². The van der Waals surface area contributed by atoms with E-state index in [1.54, 1.807) is 0 Å². The standard InChI is InChI=1S/C19H31N7O2.HI/c1-5-20-17(21-11-8-12-23-18(27)28-19(2,3)4)22-13-10-16-25-24-15-9-6-7-14-26(15)16;/h6-7,9,14H,5,8,10-13H2,1-4H3,(H,23,27)(H2,20,21,22);1H. The highest BCUT2D eigenvalue weighted by Crippen LogP contribution is 2.06. The van der Waals surface area contributed by atoms with Gasteiger partial charge in [0, 0.05) is 38.8 Å². The zero-order valence-electron chi connectivity index (χ0n) is 17.6. The van der Waals surface area contributed by atoms with Crippen LogP contribution in [0.4, 0.5) is 4.79 Å². The Morgan fingerprint density at radius 1 is 1.17 bits per heavy atom. The molecule has 0 radical (unpaired) electrons. The van der Waals surface area contributed by atoms with Gasteiger partial charge in [0.25, 0.3) is 0 Å². The van der Waals surface area contributed by atoms with Crippen LogP contribution in [-0.4, -0.2) is 58.4 Å². The molecule has 0 bridgehead atoms. The van der Waals surface area contributed by atoms with Gasteiger partial charge in [0.1, 0.15) is 11.4 Å². The lowest BCUT2D eigenvalue weighted by atomic mass is 10.2. The van der Waals surface area contributed by atoms with Crippen LogP contribution in [0.1, 0.15) is 39.9 Å². The number of hydrogen-bond donors (Lipinski definition) is 3. The van der Waals surface area contributed by atoms with E-state index in [-0.39, 0.29) is 24.0 Å². The van der Waals surface area contributed by atoms with E-state index in [1.807, 2.05) is 56.5 Å². The molecule has 0 aromatic carbocycles. The smallest absolute Gasteiger partial charge is 0.407 e. The van der Waals surface area contributed by atoms with Gasteiger partial charge >= 0.3 is 6.09 Å². The first-order valence-corrected chi connectivity index (χ1v) is 9.66. The second-order valence-electron chi connectivity index (χ2n) is 7.26. The minimum absolute atomic E-state index is 0. The van der Waals surface area contributed by atoms with E-state index in [9.17, 15) is 4.79 Å². The third-order valence-electron chi connectivity index (χ3n) is 3.64. The number of nitrogens with one attached hydrogen (secondary N) is 3. The predicted octanol–water partition coefficient (Wildman–Crippen LogP) is 2.36. The first-order valence-electron chi connectivity index (χ1n) is 9.66. The molecule has 0 aliphatic rings. The Morgan fingerprint density at radius 2 is 1.97 bits per heavy atom. The molecule has 0 aliphatic carbocycles. The number of fused-ring (bicyclic) bond motifs is 1. The number of ether oxygens (including phenoxy) is 1. The molecule has 1 amide bonds. The minimum Gasteiger partial charge on any atom is -0.444 e. The van der Waals surface area contributed by atoms with E-state index in [0.717, 1.165) is 36.8 Å². The molecule has 0 atom stereocenters. The summed E-state index contributed by atoms with van der Waals surface area (Å²) in [5.41, 5.74) is 0.357. The summed E-state index contributed by atoms with van der Waals surface area (Å²) in [5.74, 6) is 1.65. The van der Waals surface area contributed by atoms with Crippen LogP contribution >= 0.6 is 24.0 Å². The van der Waals surface area contributed by atoms with Crippen LogP contribution in [-0.2, 0) is 11.2 Å². The number of halogens is 1. The number of aromatic nitrogens is 3. The van der Waals surface area contributed by atoms with Gasteiger partial charge in [-0.15, -0.1) is 34.2 Å². The number of guanidine groups is 1. The number of alkyl carbamates (subject to hydrolysis) is 1. The molecular weight excluding hydrogens is 485 g/mol. The van der Waals surface area contributed by atoms with Crippen molar-refractivity contribution in [1.82, 2.24) is 30.5 Å². The quantitative estimate of drug-likeness (QED) is 0.215. The monoisotopic (exact) mass is 517 g/mol. The van der Waals surface area contributed by atoms with Crippen molar-refractivity contribution in [1.29, 1.82) is 0 Å².